The van der Waals surface area contributed by atoms with Crippen molar-refractivity contribution in [3.05, 3.63) is 31.4 Å². The van der Waals surface area contributed by atoms with Crippen molar-refractivity contribution in [3.63, 3.8) is 0 Å². The third kappa shape index (κ3) is 1.59. The molecule has 0 spiro atoms. The van der Waals surface area contributed by atoms with E-state index in [0.29, 0.717) is 17.8 Å². The summed E-state index contributed by atoms with van der Waals surface area (Å²) in [6, 6.07) is 1.94. The van der Waals surface area contributed by atoms with Crippen LogP contribution in [0.2, 0.25) is 0 Å². The van der Waals surface area contributed by atoms with Gasteiger partial charge in [-0.15, -0.1) is 6.58 Å². The number of imidazole rings is 1. The molecule has 0 amide bonds. The number of rotatable bonds is 3. The molecule has 84 valence electrons. The molecular formula is C11H10N6. The maximum Gasteiger partial charge on any atom is 0.179 e. The Hall–Kier alpha value is -2.50. The zero-order valence-corrected chi connectivity index (χ0v) is 9.01. The fourth-order valence-corrected chi connectivity index (χ4v) is 1.66. The van der Waals surface area contributed by atoms with Gasteiger partial charge in [0.05, 0.1) is 17.2 Å². The van der Waals surface area contributed by atoms with Gasteiger partial charge in [0.1, 0.15) is 12.1 Å². The van der Waals surface area contributed by atoms with E-state index in [-0.39, 0.29) is 0 Å². The van der Waals surface area contributed by atoms with E-state index in [4.69, 9.17) is 0 Å². The van der Waals surface area contributed by atoms with E-state index in [1.807, 2.05) is 6.07 Å². The largest absolute Gasteiger partial charge is 0.366 e. The predicted octanol–water partition coefficient (Wildman–Crippen LogP) is 1.50. The lowest BCUT2D eigenvalue weighted by atomic mass is 10.3. The topological polar surface area (TPSA) is 79.4 Å². The molecule has 3 aromatic heterocycles. The highest BCUT2D eigenvalue weighted by atomic mass is 15.0. The Morgan fingerprint density at radius 2 is 2.24 bits per heavy atom. The summed E-state index contributed by atoms with van der Waals surface area (Å²) in [5.74, 6) is 0.749. The van der Waals surface area contributed by atoms with Crippen LogP contribution in [0.3, 0.4) is 0 Å². The molecule has 3 rings (SSSR count). The Labute approximate surface area is 96.8 Å². The monoisotopic (exact) mass is 226 g/mol. The van der Waals surface area contributed by atoms with Gasteiger partial charge < -0.3 is 10.3 Å². The molecule has 0 bridgehead atoms. The molecule has 0 unspecified atom stereocenters. The normalized spacial score (nSPS) is 10.8. The first-order chi connectivity index (χ1) is 8.38. The maximum absolute atomic E-state index is 4.35. The van der Waals surface area contributed by atoms with Crippen LogP contribution >= 0.6 is 0 Å². The van der Waals surface area contributed by atoms with E-state index in [1.54, 1.807) is 12.4 Å². The maximum atomic E-state index is 4.35. The molecule has 0 aliphatic carbocycles. The highest BCUT2D eigenvalue weighted by Gasteiger charge is 2.07. The van der Waals surface area contributed by atoms with Crippen molar-refractivity contribution in [2.45, 2.75) is 0 Å². The van der Waals surface area contributed by atoms with E-state index in [9.17, 15) is 0 Å². The van der Waals surface area contributed by atoms with Gasteiger partial charge in [0.15, 0.2) is 11.3 Å². The summed E-state index contributed by atoms with van der Waals surface area (Å²) in [6.45, 7) is 4.31. The molecule has 6 nitrogen and oxygen atoms in total. The summed E-state index contributed by atoms with van der Waals surface area (Å²) >= 11 is 0. The van der Waals surface area contributed by atoms with Crippen LogP contribution in [0.15, 0.2) is 31.4 Å². The second kappa shape index (κ2) is 3.82. The van der Waals surface area contributed by atoms with Crippen LogP contribution in [0.1, 0.15) is 0 Å². The van der Waals surface area contributed by atoms with Gasteiger partial charge in [-0.25, -0.2) is 19.9 Å². The minimum absolute atomic E-state index is 0.631. The van der Waals surface area contributed by atoms with Gasteiger partial charge in [-0.3, -0.25) is 0 Å². The van der Waals surface area contributed by atoms with Crippen molar-refractivity contribution >= 4 is 28.0 Å². The Bertz CT molecular complexity index is 687. The van der Waals surface area contributed by atoms with Crippen LogP contribution in [0, 0.1) is 0 Å². The minimum atomic E-state index is 0.631. The van der Waals surface area contributed by atoms with Crippen LogP contribution < -0.4 is 5.32 Å². The molecular weight excluding hydrogens is 216 g/mol. The van der Waals surface area contributed by atoms with E-state index < -0.39 is 0 Å². The van der Waals surface area contributed by atoms with Crippen molar-refractivity contribution in [2.75, 3.05) is 11.9 Å². The molecule has 3 heterocycles. The summed E-state index contributed by atoms with van der Waals surface area (Å²) in [5.41, 5.74) is 2.16. The predicted molar refractivity (Wildman–Crippen MR) is 65.7 cm³/mol. The quantitative estimate of drug-likeness (QED) is 0.661. The third-order valence-corrected chi connectivity index (χ3v) is 2.42. The van der Waals surface area contributed by atoms with Gasteiger partial charge in [-0.2, -0.15) is 0 Å². The fourth-order valence-electron chi connectivity index (χ4n) is 1.66. The second-order valence-electron chi connectivity index (χ2n) is 3.53. The lowest BCUT2D eigenvalue weighted by Crippen LogP contribution is -2.02. The standard InChI is InChI=1S/C11H10N6/c1-2-3-12-9-7-4-8-11(16-5-13-8)17-10(7)15-6-14-9/h2,4-6H,1,3H2,(H2,12,13,14,15,16,17). The lowest BCUT2D eigenvalue weighted by Gasteiger charge is -2.05. The van der Waals surface area contributed by atoms with Gasteiger partial charge in [0.25, 0.3) is 0 Å². The van der Waals surface area contributed by atoms with Gasteiger partial charge >= 0.3 is 0 Å². The summed E-state index contributed by atoms with van der Waals surface area (Å²) in [4.78, 5) is 19.8. The summed E-state index contributed by atoms with van der Waals surface area (Å²) in [6.07, 6.45) is 4.87. The summed E-state index contributed by atoms with van der Waals surface area (Å²) in [7, 11) is 0. The molecule has 3 aromatic rings. The zero-order valence-electron chi connectivity index (χ0n) is 9.01. The highest BCUT2D eigenvalue weighted by molar-refractivity contribution is 5.93. The Morgan fingerprint density at radius 1 is 1.29 bits per heavy atom. The van der Waals surface area contributed by atoms with Crippen molar-refractivity contribution in [1.29, 1.82) is 0 Å². The van der Waals surface area contributed by atoms with E-state index in [1.165, 1.54) is 6.33 Å². The van der Waals surface area contributed by atoms with E-state index >= 15 is 0 Å². The number of anilines is 1. The second-order valence-corrected chi connectivity index (χ2v) is 3.53. The molecule has 0 saturated carbocycles. The van der Waals surface area contributed by atoms with E-state index in [2.05, 4.69) is 36.8 Å². The molecule has 0 saturated heterocycles. The van der Waals surface area contributed by atoms with Gasteiger partial charge in [-0.1, -0.05) is 6.08 Å². The summed E-state index contributed by atoms with van der Waals surface area (Å²) in [5, 5.41) is 4.02. The molecule has 0 radical (unpaired) electrons. The van der Waals surface area contributed by atoms with Crippen LogP contribution in [-0.2, 0) is 0 Å². The van der Waals surface area contributed by atoms with Crippen LogP contribution in [0.25, 0.3) is 22.2 Å². The number of aromatic amines is 1. The number of aromatic nitrogens is 5. The number of nitrogens with zero attached hydrogens (tertiary/aromatic N) is 4. The first-order valence-corrected chi connectivity index (χ1v) is 5.18. The molecule has 0 aliphatic heterocycles. The Morgan fingerprint density at radius 3 is 3.12 bits per heavy atom. The fraction of sp³-hybridized carbons (Fsp3) is 0.0909. The molecule has 0 atom stereocenters. The smallest absolute Gasteiger partial charge is 0.179 e. The number of hydrogen-bond donors (Lipinski definition) is 2. The van der Waals surface area contributed by atoms with Crippen molar-refractivity contribution in [2.24, 2.45) is 0 Å². The number of fused-ring (bicyclic) bond motifs is 2. The number of pyridine rings is 1. The van der Waals surface area contributed by atoms with Gasteiger partial charge in [-0.05, 0) is 6.07 Å². The first-order valence-electron chi connectivity index (χ1n) is 5.18. The molecule has 2 N–H and O–H groups in total. The highest BCUT2D eigenvalue weighted by Crippen LogP contribution is 2.20. The average Bonchev–Trinajstić information content (AvgIpc) is 2.80. The third-order valence-electron chi connectivity index (χ3n) is 2.42. The van der Waals surface area contributed by atoms with Crippen molar-refractivity contribution in [3.8, 4) is 0 Å². The van der Waals surface area contributed by atoms with Crippen molar-refractivity contribution < 1.29 is 0 Å². The molecule has 0 fully saturated rings. The number of H-pyrrole nitrogens is 1. The van der Waals surface area contributed by atoms with Crippen LogP contribution in [0.5, 0.6) is 0 Å². The summed E-state index contributed by atoms with van der Waals surface area (Å²) < 4.78 is 0. The Balaban J connectivity index is 2.24. The molecule has 0 aliphatic rings. The van der Waals surface area contributed by atoms with Crippen LogP contribution in [-0.4, -0.2) is 31.5 Å². The lowest BCUT2D eigenvalue weighted by molar-refractivity contribution is 1.16. The van der Waals surface area contributed by atoms with Crippen molar-refractivity contribution in [1.82, 2.24) is 24.9 Å². The van der Waals surface area contributed by atoms with Crippen LogP contribution in [0.4, 0.5) is 5.82 Å². The Kier molecular flexibility index (Phi) is 2.18. The van der Waals surface area contributed by atoms with Gasteiger partial charge in [0.2, 0.25) is 0 Å². The zero-order chi connectivity index (χ0) is 11.7. The molecule has 6 heteroatoms. The van der Waals surface area contributed by atoms with Gasteiger partial charge in [0, 0.05) is 6.54 Å². The minimum Gasteiger partial charge on any atom is -0.366 e. The number of nitrogens with one attached hydrogen (secondary N) is 2. The van der Waals surface area contributed by atoms with E-state index in [0.717, 1.165) is 16.7 Å². The average molecular weight is 226 g/mol. The molecule has 0 aromatic carbocycles. The SMILES string of the molecule is C=CCNc1ncnc2nc3nc[nH]c3cc12. The number of hydrogen-bond acceptors (Lipinski definition) is 5. The first kappa shape index (κ1) is 9.71. The molecule has 17 heavy (non-hydrogen) atoms.